The van der Waals surface area contributed by atoms with Crippen molar-refractivity contribution in [1.29, 1.82) is 0 Å². The molecule has 0 amide bonds. The van der Waals surface area contributed by atoms with Gasteiger partial charge in [0.2, 0.25) is 0 Å². The van der Waals surface area contributed by atoms with E-state index in [1.54, 1.807) is 24.4 Å². The summed E-state index contributed by atoms with van der Waals surface area (Å²) in [6.45, 7) is 6.72. The molecule has 0 aliphatic rings. The third-order valence-corrected chi connectivity index (χ3v) is 4.78. The van der Waals surface area contributed by atoms with Gasteiger partial charge < -0.3 is 9.62 Å². The predicted octanol–water partition coefficient (Wildman–Crippen LogP) is 5.51. The van der Waals surface area contributed by atoms with Crippen LogP contribution >= 0.6 is 0 Å². The monoisotopic (exact) mass is 414 g/mol. The highest BCUT2D eigenvalue weighted by Crippen LogP contribution is 2.42. The third-order valence-electron chi connectivity index (χ3n) is 3.75. The SMILES string of the molecule is CCN(CC)c1ccc(N=Nc2ccc(C)cn2)c([N-]S(=O)(=O)C(F)(F)F)c1. The average molecular weight is 414 g/mol. The number of aryl methyl sites for hydroxylation is 1. The molecule has 11 heteroatoms. The summed E-state index contributed by atoms with van der Waals surface area (Å²) in [5.74, 6) is 0.225. The van der Waals surface area contributed by atoms with Crippen LogP contribution in [-0.2, 0) is 10.0 Å². The van der Waals surface area contributed by atoms with E-state index in [0.29, 0.717) is 18.8 Å². The van der Waals surface area contributed by atoms with E-state index in [1.807, 2.05) is 25.7 Å². The minimum Gasteiger partial charge on any atom is -0.568 e. The third kappa shape index (κ3) is 5.18. The molecule has 2 aromatic rings. The Morgan fingerprint density at radius 3 is 2.32 bits per heavy atom. The Labute approximate surface area is 161 Å². The van der Waals surface area contributed by atoms with Crippen LogP contribution in [0.5, 0.6) is 0 Å². The van der Waals surface area contributed by atoms with Gasteiger partial charge >= 0.3 is 5.51 Å². The van der Waals surface area contributed by atoms with Crippen LogP contribution in [-0.4, -0.2) is 32.0 Å². The van der Waals surface area contributed by atoms with Gasteiger partial charge in [-0.3, -0.25) is 0 Å². The zero-order valence-electron chi connectivity index (χ0n) is 15.5. The van der Waals surface area contributed by atoms with Crippen molar-refractivity contribution in [2.45, 2.75) is 26.3 Å². The van der Waals surface area contributed by atoms with Crippen molar-refractivity contribution in [2.24, 2.45) is 10.2 Å². The first-order valence-electron chi connectivity index (χ1n) is 8.35. The number of nitrogens with zero attached hydrogens (tertiary/aromatic N) is 5. The fourth-order valence-corrected chi connectivity index (χ4v) is 2.77. The fraction of sp³-hybridized carbons (Fsp3) is 0.353. The Bertz CT molecular complexity index is 940. The molecule has 0 aliphatic carbocycles. The lowest BCUT2D eigenvalue weighted by Crippen LogP contribution is -2.22. The molecule has 0 saturated heterocycles. The first-order chi connectivity index (χ1) is 13.1. The summed E-state index contributed by atoms with van der Waals surface area (Å²) < 4.78 is 64.3. The van der Waals surface area contributed by atoms with Gasteiger partial charge in [-0.2, -0.15) is 18.3 Å². The fourth-order valence-electron chi connectivity index (χ4n) is 2.26. The molecule has 2 rings (SSSR count). The van der Waals surface area contributed by atoms with Gasteiger partial charge in [-0.1, -0.05) is 17.8 Å². The highest BCUT2D eigenvalue weighted by molar-refractivity contribution is 7.95. The molecule has 1 aromatic carbocycles. The van der Waals surface area contributed by atoms with E-state index in [-0.39, 0.29) is 11.5 Å². The highest BCUT2D eigenvalue weighted by Gasteiger charge is 2.39. The number of rotatable bonds is 7. The second-order valence-electron chi connectivity index (χ2n) is 5.75. The van der Waals surface area contributed by atoms with Crippen LogP contribution in [0.15, 0.2) is 46.8 Å². The molecule has 152 valence electrons. The first kappa shape index (κ1) is 21.6. The molecule has 7 nitrogen and oxygen atoms in total. The molecule has 1 heterocycles. The zero-order valence-corrected chi connectivity index (χ0v) is 16.3. The molecule has 0 saturated carbocycles. The summed E-state index contributed by atoms with van der Waals surface area (Å²) in [5.41, 5.74) is -4.66. The maximum atomic E-state index is 12.8. The van der Waals surface area contributed by atoms with Crippen LogP contribution in [0.1, 0.15) is 19.4 Å². The number of pyridine rings is 1. The molecule has 0 unspecified atom stereocenters. The number of aromatic nitrogens is 1. The van der Waals surface area contributed by atoms with Crippen LogP contribution in [0.3, 0.4) is 0 Å². The largest absolute Gasteiger partial charge is 0.568 e. The predicted molar refractivity (Wildman–Crippen MR) is 101 cm³/mol. The van der Waals surface area contributed by atoms with E-state index in [9.17, 15) is 21.6 Å². The van der Waals surface area contributed by atoms with E-state index >= 15 is 0 Å². The van der Waals surface area contributed by atoms with Gasteiger partial charge in [0.1, 0.15) is 0 Å². The molecular weight excluding hydrogens is 395 g/mol. The molecule has 0 spiro atoms. The molecule has 0 aliphatic heterocycles. The van der Waals surface area contributed by atoms with E-state index in [2.05, 4.69) is 19.9 Å². The number of anilines is 1. The number of hydrogen-bond donors (Lipinski definition) is 0. The summed E-state index contributed by atoms with van der Waals surface area (Å²) in [4.78, 5) is 5.85. The minimum atomic E-state index is -5.73. The quantitative estimate of drug-likeness (QED) is 0.559. The van der Waals surface area contributed by atoms with E-state index in [0.717, 1.165) is 5.56 Å². The molecule has 0 N–H and O–H groups in total. The minimum absolute atomic E-state index is 0.119. The number of halogens is 3. The van der Waals surface area contributed by atoms with Crippen LogP contribution in [0.25, 0.3) is 4.72 Å². The zero-order chi connectivity index (χ0) is 20.9. The van der Waals surface area contributed by atoms with E-state index in [1.165, 1.54) is 12.1 Å². The molecule has 0 bridgehead atoms. The van der Waals surface area contributed by atoms with Gasteiger partial charge in [-0.05, 0) is 44.5 Å². The second-order valence-corrected chi connectivity index (χ2v) is 7.35. The van der Waals surface area contributed by atoms with Crippen molar-refractivity contribution < 1.29 is 21.6 Å². The Kier molecular flexibility index (Phi) is 6.60. The summed E-state index contributed by atoms with van der Waals surface area (Å²) in [6.07, 6.45) is 1.55. The van der Waals surface area contributed by atoms with E-state index < -0.39 is 21.2 Å². The topological polar surface area (TPSA) is 89.1 Å². The van der Waals surface area contributed by atoms with Gasteiger partial charge in [0.05, 0.1) is 5.69 Å². The van der Waals surface area contributed by atoms with Crippen molar-refractivity contribution in [3.8, 4) is 0 Å². The number of hydrogen-bond acceptors (Lipinski definition) is 6. The molecule has 1 aromatic heterocycles. The van der Waals surface area contributed by atoms with E-state index in [4.69, 9.17) is 0 Å². The van der Waals surface area contributed by atoms with Crippen molar-refractivity contribution in [2.75, 3.05) is 18.0 Å². The number of benzene rings is 1. The number of sulfonamides is 1. The van der Waals surface area contributed by atoms with Gasteiger partial charge in [0, 0.05) is 25.0 Å². The lowest BCUT2D eigenvalue weighted by atomic mass is 10.2. The van der Waals surface area contributed by atoms with Gasteiger partial charge in [-0.15, -0.1) is 5.11 Å². The number of alkyl halides is 3. The second kappa shape index (κ2) is 8.55. The van der Waals surface area contributed by atoms with Crippen molar-refractivity contribution in [3.05, 3.63) is 46.8 Å². The molecule has 0 fully saturated rings. The summed E-state index contributed by atoms with van der Waals surface area (Å²) in [5, 5.41) is 7.69. The summed E-state index contributed by atoms with van der Waals surface area (Å²) >= 11 is 0. The summed E-state index contributed by atoms with van der Waals surface area (Å²) in [6, 6.07) is 7.54. The van der Waals surface area contributed by atoms with Crippen LogP contribution in [0.4, 0.5) is 36.1 Å². The Hall–Kier alpha value is -2.69. The van der Waals surface area contributed by atoms with Crippen LogP contribution in [0.2, 0.25) is 0 Å². The Morgan fingerprint density at radius 2 is 1.79 bits per heavy atom. The Morgan fingerprint density at radius 1 is 1.11 bits per heavy atom. The van der Waals surface area contributed by atoms with Crippen LogP contribution < -0.4 is 4.90 Å². The molecular formula is C17H19F3N5O2S-. The lowest BCUT2D eigenvalue weighted by molar-refractivity contribution is -0.0425. The molecule has 0 atom stereocenters. The van der Waals surface area contributed by atoms with Gasteiger partial charge in [-0.25, -0.2) is 13.4 Å². The van der Waals surface area contributed by atoms with Crippen LogP contribution in [0, 0.1) is 6.92 Å². The smallest absolute Gasteiger partial charge is 0.483 e. The average Bonchev–Trinajstić information content (AvgIpc) is 2.62. The Balaban J connectivity index is 2.47. The maximum Gasteiger partial charge on any atom is 0.483 e. The van der Waals surface area contributed by atoms with Crippen molar-refractivity contribution in [1.82, 2.24) is 4.98 Å². The summed E-state index contributed by atoms with van der Waals surface area (Å²) in [7, 11) is -5.73. The van der Waals surface area contributed by atoms with Gasteiger partial charge in [0.15, 0.2) is 15.8 Å². The molecule has 0 radical (unpaired) electrons. The van der Waals surface area contributed by atoms with Crippen molar-refractivity contribution >= 4 is 32.9 Å². The number of azo groups is 1. The highest BCUT2D eigenvalue weighted by atomic mass is 32.2. The molecule has 28 heavy (non-hydrogen) atoms. The van der Waals surface area contributed by atoms with Gasteiger partial charge in [0.25, 0.3) is 0 Å². The normalized spacial score (nSPS) is 12.4. The maximum absolute atomic E-state index is 12.8. The first-order valence-corrected chi connectivity index (χ1v) is 9.79. The standard InChI is InChI=1S/C17H19F3N5O2S/c1-4-25(5-2)13-7-8-14(22-23-16-9-6-12(3)11-21-16)15(10-13)24-28(26,27)17(18,19)20/h6-11H,4-5H2,1-3H3/q-1. The van der Waals surface area contributed by atoms with Crippen molar-refractivity contribution in [3.63, 3.8) is 0 Å². The lowest BCUT2D eigenvalue weighted by Gasteiger charge is -2.28.